The van der Waals surface area contributed by atoms with Gasteiger partial charge in [-0.15, -0.1) is 0 Å². The zero-order valence-corrected chi connectivity index (χ0v) is 14.1. The number of hydrogen-bond donors (Lipinski definition) is 0. The zero-order valence-electron chi connectivity index (χ0n) is 14.1. The van der Waals surface area contributed by atoms with Crippen molar-refractivity contribution in [3.05, 3.63) is 82.7 Å². The molecule has 0 bridgehead atoms. The minimum atomic E-state index is -0.336. The van der Waals surface area contributed by atoms with Crippen LogP contribution in [0.4, 0.5) is 0 Å². The van der Waals surface area contributed by atoms with Crippen LogP contribution in [0.5, 0.6) is 5.75 Å². The van der Waals surface area contributed by atoms with Crippen LogP contribution in [0, 0.1) is 20.8 Å². The number of nitrogens with zero attached hydrogens (tertiary/aromatic N) is 2. The first-order valence-corrected chi connectivity index (χ1v) is 7.90. The summed E-state index contributed by atoms with van der Waals surface area (Å²) in [7, 11) is 0. The maximum Gasteiger partial charge on any atom is 0.343 e. The first-order chi connectivity index (χ1) is 11.5. The topological polar surface area (TPSA) is 44.1 Å². The van der Waals surface area contributed by atoms with E-state index in [-0.39, 0.29) is 5.97 Å². The monoisotopic (exact) mass is 320 g/mol. The van der Waals surface area contributed by atoms with E-state index in [1.807, 2.05) is 62.0 Å². The van der Waals surface area contributed by atoms with Crippen molar-refractivity contribution in [3.63, 3.8) is 0 Å². The molecule has 3 aromatic rings. The summed E-state index contributed by atoms with van der Waals surface area (Å²) in [5.74, 6) is 0.318. The molecular weight excluding hydrogens is 300 g/mol. The number of carbonyl (C=O) groups excluding carboxylic acids is 1. The van der Waals surface area contributed by atoms with Crippen molar-refractivity contribution in [1.82, 2.24) is 9.78 Å². The quantitative estimate of drug-likeness (QED) is 0.537. The lowest BCUT2D eigenvalue weighted by molar-refractivity contribution is 0.0732. The molecule has 0 spiro atoms. The van der Waals surface area contributed by atoms with Crippen molar-refractivity contribution in [2.45, 2.75) is 27.3 Å². The van der Waals surface area contributed by atoms with Crippen molar-refractivity contribution >= 4 is 5.97 Å². The summed E-state index contributed by atoms with van der Waals surface area (Å²) in [4.78, 5) is 12.4. The zero-order chi connectivity index (χ0) is 17.1. The fourth-order valence-electron chi connectivity index (χ4n) is 2.56. The summed E-state index contributed by atoms with van der Waals surface area (Å²) in [5.41, 5.74) is 4.69. The summed E-state index contributed by atoms with van der Waals surface area (Å²) >= 11 is 0. The highest BCUT2D eigenvalue weighted by molar-refractivity contribution is 5.91. The molecule has 1 aromatic heterocycles. The van der Waals surface area contributed by atoms with Gasteiger partial charge in [-0.3, -0.25) is 4.68 Å². The number of esters is 1. The first kappa shape index (κ1) is 16.0. The van der Waals surface area contributed by atoms with Crippen molar-refractivity contribution in [1.29, 1.82) is 0 Å². The molecule has 1 heterocycles. The Balaban J connectivity index is 1.75. The maximum absolute atomic E-state index is 12.4. The number of aryl methyl sites for hydroxylation is 2. The Morgan fingerprint density at radius 1 is 1.04 bits per heavy atom. The summed E-state index contributed by atoms with van der Waals surface area (Å²) in [6.45, 7) is 6.61. The third-order valence-electron chi connectivity index (χ3n) is 4.16. The molecule has 4 heteroatoms. The number of benzene rings is 2. The minimum Gasteiger partial charge on any atom is -0.422 e. The van der Waals surface area contributed by atoms with Gasteiger partial charge in [0.05, 0.1) is 12.1 Å². The van der Waals surface area contributed by atoms with E-state index < -0.39 is 0 Å². The molecule has 0 saturated carbocycles. The van der Waals surface area contributed by atoms with E-state index in [4.69, 9.17) is 4.74 Å². The van der Waals surface area contributed by atoms with Crippen LogP contribution in [0.2, 0.25) is 0 Å². The van der Waals surface area contributed by atoms with E-state index in [1.165, 1.54) is 0 Å². The fourth-order valence-corrected chi connectivity index (χ4v) is 2.56. The second-order valence-corrected chi connectivity index (χ2v) is 5.94. The minimum absolute atomic E-state index is 0.336. The summed E-state index contributed by atoms with van der Waals surface area (Å²) < 4.78 is 7.47. The Kier molecular flexibility index (Phi) is 4.47. The van der Waals surface area contributed by atoms with Gasteiger partial charge in [0.15, 0.2) is 0 Å². The highest BCUT2D eigenvalue weighted by Crippen LogP contribution is 2.26. The number of rotatable bonds is 4. The van der Waals surface area contributed by atoms with Crippen LogP contribution < -0.4 is 4.74 Å². The van der Waals surface area contributed by atoms with Crippen molar-refractivity contribution in [3.8, 4) is 5.75 Å². The molecule has 122 valence electrons. The molecule has 0 radical (unpaired) electrons. The Hall–Kier alpha value is -2.88. The molecule has 0 fully saturated rings. The van der Waals surface area contributed by atoms with Crippen molar-refractivity contribution in [2.75, 3.05) is 0 Å². The molecule has 0 aliphatic heterocycles. The third kappa shape index (κ3) is 3.38. The predicted molar refractivity (Wildman–Crippen MR) is 93.4 cm³/mol. The average Bonchev–Trinajstić information content (AvgIpc) is 3.08. The molecule has 4 nitrogen and oxygen atoms in total. The SMILES string of the molecule is Cc1ccc(C)c(OC(=O)c2ccc(Cn3cccn3)cc2)c1C. The fraction of sp³-hybridized carbons (Fsp3) is 0.200. The number of hydrogen-bond acceptors (Lipinski definition) is 3. The highest BCUT2D eigenvalue weighted by Gasteiger charge is 2.13. The molecule has 0 unspecified atom stereocenters. The maximum atomic E-state index is 12.4. The van der Waals surface area contributed by atoms with Crippen LogP contribution in [0.1, 0.15) is 32.6 Å². The summed E-state index contributed by atoms with van der Waals surface area (Å²) in [6.07, 6.45) is 3.66. The smallest absolute Gasteiger partial charge is 0.343 e. The van der Waals surface area contributed by atoms with Crippen LogP contribution >= 0.6 is 0 Å². The van der Waals surface area contributed by atoms with Crippen molar-refractivity contribution < 1.29 is 9.53 Å². The molecule has 0 saturated heterocycles. The first-order valence-electron chi connectivity index (χ1n) is 7.90. The van der Waals surface area contributed by atoms with Gasteiger partial charge in [-0.2, -0.15) is 5.10 Å². The number of aromatic nitrogens is 2. The largest absolute Gasteiger partial charge is 0.422 e. The van der Waals surface area contributed by atoms with Gasteiger partial charge >= 0.3 is 5.97 Å². The van der Waals surface area contributed by atoms with E-state index in [1.54, 1.807) is 18.3 Å². The van der Waals surface area contributed by atoms with E-state index in [0.29, 0.717) is 17.9 Å². The lowest BCUT2D eigenvalue weighted by Crippen LogP contribution is -2.11. The van der Waals surface area contributed by atoms with Gasteiger partial charge in [0, 0.05) is 12.4 Å². The molecule has 0 aliphatic rings. The Bertz CT molecular complexity index is 850. The Labute approximate surface area is 141 Å². The van der Waals surface area contributed by atoms with E-state index in [9.17, 15) is 4.79 Å². The van der Waals surface area contributed by atoms with Crippen LogP contribution in [0.3, 0.4) is 0 Å². The van der Waals surface area contributed by atoms with Crippen LogP contribution in [-0.4, -0.2) is 15.7 Å². The Morgan fingerprint density at radius 3 is 2.42 bits per heavy atom. The van der Waals surface area contributed by atoms with Gasteiger partial charge in [-0.1, -0.05) is 24.3 Å². The van der Waals surface area contributed by atoms with E-state index >= 15 is 0 Å². The standard InChI is InChI=1S/C20H20N2O2/c1-14-5-6-15(2)19(16(14)3)24-20(23)18-9-7-17(8-10-18)13-22-12-4-11-21-22/h4-12H,13H2,1-3H3. The van der Waals surface area contributed by atoms with Gasteiger partial charge in [0.2, 0.25) is 0 Å². The van der Waals surface area contributed by atoms with Gasteiger partial charge < -0.3 is 4.74 Å². The molecule has 0 N–H and O–H groups in total. The lowest BCUT2D eigenvalue weighted by Gasteiger charge is -2.12. The highest BCUT2D eigenvalue weighted by atomic mass is 16.5. The second-order valence-electron chi connectivity index (χ2n) is 5.94. The number of ether oxygens (including phenoxy) is 1. The van der Waals surface area contributed by atoms with Gasteiger partial charge in [-0.25, -0.2) is 4.79 Å². The molecule has 0 atom stereocenters. The second kappa shape index (κ2) is 6.71. The molecular formula is C20H20N2O2. The summed E-state index contributed by atoms with van der Waals surface area (Å²) in [5, 5.41) is 4.18. The average molecular weight is 320 g/mol. The summed E-state index contributed by atoms with van der Waals surface area (Å²) in [6, 6.07) is 13.3. The molecule has 0 aliphatic carbocycles. The van der Waals surface area contributed by atoms with Crippen LogP contribution in [0.25, 0.3) is 0 Å². The Morgan fingerprint density at radius 2 is 1.75 bits per heavy atom. The van der Waals surface area contributed by atoms with Gasteiger partial charge in [0.25, 0.3) is 0 Å². The number of carbonyl (C=O) groups is 1. The molecule has 3 rings (SSSR count). The van der Waals surface area contributed by atoms with Gasteiger partial charge in [-0.05, 0) is 61.2 Å². The normalized spacial score (nSPS) is 10.6. The van der Waals surface area contributed by atoms with Crippen molar-refractivity contribution in [2.24, 2.45) is 0 Å². The molecule has 0 amide bonds. The molecule has 2 aromatic carbocycles. The lowest BCUT2D eigenvalue weighted by atomic mass is 10.1. The van der Waals surface area contributed by atoms with Gasteiger partial charge in [0.1, 0.15) is 5.75 Å². The van der Waals surface area contributed by atoms with E-state index in [0.717, 1.165) is 22.3 Å². The van der Waals surface area contributed by atoms with Crippen LogP contribution in [-0.2, 0) is 6.54 Å². The van der Waals surface area contributed by atoms with Crippen LogP contribution in [0.15, 0.2) is 54.9 Å². The third-order valence-corrected chi connectivity index (χ3v) is 4.16. The predicted octanol–water partition coefficient (Wildman–Crippen LogP) is 4.08. The molecule has 24 heavy (non-hydrogen) atoms. The van der Waals surface area contributed by atoms with E-state index in [2.05, 4.69) is 5.10 Å².